The lowest BCUT2D eigenvalue weighted by Gasteiger charge is -2.21. The van der Waals surface area contributed by atoms with E-state index in [4.69, 9.17) is 5.11 Å². The van der Waals surface area contributed by atoms with E-state index in [-0.39, 0.29) is 0 Å². The molecule has 100 valence electrons. The molecule has 0 fully saturated rings. The highest BCUT2D eigenvalue weighted by molar-refractivity contribution is 5.94. The average molecular weight is 250 g/mol. The first-order valence-electron chi connectivity index (χ1n) is 6.20. The summed E-state index contributed by atoms with van der Waals surface area (Å²) in [6, 6.07) is 5.93. The van der Waals surface area contributed by atoms with E-state index < -0.39 is 5.97 Å². The van der Waals surface area contributed by atoms with E-state index in [1.54, 1.807) is 6.07 Å². The number of carbonyl (C=O) groups is 1. The molecule has 0 radical (unpaired) electrons. The van der Waals surface area contributed by atoms with Crippen LogP contribution in [0.25, 0.3) is 0 Å². The summed E-state index contributed by atoms with van der Waals surface area (Å²) in [5.74, 6) is -0.890. The molecule has 1 rings (SSSR count). The molecule has 0 aliphatic heterocycles. The van der Waals surface area contributed by atoms with E-state index in [1.165, 1.54) is 0 Å². The third-order valence-electron chi connectivity index (χ3n) is 3.07. The number of anilines is 1. The largest absolute Gasteiger partial charge is 0.478 e. The van der Waals surface area contributed by atoms with Crippen LogP contribution < -0.4 is 5.32 Å². The summed E-state index contributed by atoms with van der Waals surface area (Å²) in [5.41, 5.74) is 1.98. The highest BCUT2D eigenvalue weighted by atomic mass is 16.4. The number of hydrogen-bond donors (Lipinski definition) is 2. The predicted molar refractivity (Wildman–Crippen MR) is 74.4 cm³/mol. The van der Waals surface area contributed by atoms with Crippen LogP contribution in [0.15, 0.2) is 18.2 Å². The summed E-state index contributed by atoms with van der Waals surface area (Å²) < 4.78 is 0. The van der Waals surface area contributed by atoms with E-state index in [1.807, 2.05) is 19.1 Å². The Morgan fingerprint density at radius 1 is 1.44 bits per heavy atom. The third kappa shape index (κ3) is 4.04. The average Bonchev–Trinajstić information content (AvgIpc) is 2.30. The fraction of sp³-hybridized carbons (Fsp3) is 0.500. The van der Waals surface area contributed by atoms with Gasteiger partial charge in [0.2, 0.25) is 0 Å². The van der Waals surface area contributed by atoms with Crippen molar-refractivity contribution in [3.63, 3.8) is 0 Å². The molecule has 0 atom stereocenters. The van der Waals surface area contributed by atoms with Gasteiger partial charge < -0.3 is 15.3 Å². The molecule has 0 saturated carbocycles. The minimum absolute atomic E-state index is 0.335. The number of nitrogens with zero attached hydrogens (tertiary/aromatic N) is 1. The number of aromatic carboxylic acids is 1. The van der Waals surface area contributed by atoms with E-state index in [2.05, 4.69) is 31.1 Å². The van der Waals surface area contributed by atoms with Crippen LogP contribution in [-0.4, -0.2) is 42.2 Å². The molecule has 2 N–H and O–H groups in total. The minimum atomic E-state index is -0.890. The van der Waals surface area contributed by atoms with Gasteiger partial charge in [0.25, 0.3) is 0 Å². The lowest BCUT2D eigenvalue weighted by atomic mass is 10.1. The van der Waals surface area contributed by atoms with Crippen LogP contribution >= 0.6 is 0 Å². The van der Waals surface area contributed by atoms with Crippen LogP contribution in [-0.2, 0) is 0 Å². The van der Waals surface area contributed by atoms with Gasteiger partial charge in [-0.1, -0.05) is 11.6 Å². The lowest BCUT2D eigenvalue weighted by Crippen LogP contribution is -2.31. The predicted octanol–water partition coefficient (Wildman–Crippen LogP) is 2.45. The fourth-order valence-corrected chi connectivity index (χ4v) is 1.61. The van der Waals surface area contributed by atoms with Gasteiger partial charge in [0, 0.05) is 24.8 Å². The number of benzene rings is 1. The number of hydrogen-bond acceptors (Lipinski definition) is 3. The van der Waals surface area contributed by atoms with Crippen LogP contribution in [0.1, 0.15) is 29.8 Å². The molecule has 0 heterocycles. The highest BCUT2D eigenvalue weighted by Gasteiger charge is 2.10. The van der Waals surface area contributed by atoms with Crippen LogP contribution in [0.4, 0.5) is 5.69 Å². The maximum Gasteiger partial charge on any atom is 0.337 e. The van der Waals surface area contributed by atoms with Crippen LogP contribution in [0, 0.1) is 6.92 Å². The van der Waals surface area contributed by atoms with Gasteiger partial charge >= 0.3 is 5.97 Å². The summed E-state index contributed by atoms with van der Waals surface area (Å²) in [6.07, 6.45) is 0. The number of nitrogens with one attached hydrogen (secondary N) is 1. The molecule has 18 heavy (non-hydrogen) atoms. The van der Waals surface area contributed by atoms with Crippen molar-refractivity contribution in [3.05, 3.63) is 29.3 Å². The number of likely N-dealkylation sites (N-methyl/N-ethyl adjacent to an activating group) is 1. The Balaban J connectivity index is 2.65. The SMILES string of the molecule is Cc1ccc(NCCN(C)C(C)C)c(C(=O)O)c1. The van der Waals surface area contributed by atoms with Crippen LogP contribution in [0.5, 0.6) is 0 Å². The lowest BCUT2D eigenvalue weighted by molar-refractivity contribution is 0.0698. The molecule has 0 saturated heterocycles. The zero-order valence-corrected chi connectivity index (χ0v) is 11.5. The van der Waals surface area contributed by atoms with E-state index in [0.29, 0.717) is 17.3 Å². The second-order valence-corrected chi connectivity index (χ2v) is 4.86. The molecule has 0 spiro atoms. The summed E-state index contributed by atoms with van der Waals surface area (Å²) in [7, 11) is 2.06. The van der Waals surface area contributed by atoms with Crippen molar-refractivity contribution in [1.29, 1.82) is 0 Å². The first kappa shape index (κ1) is 14.5. The molecule has 0 aliphatic carbocycles. The van der Waals surface area contributed by atoms with Crippen molar-refractivity contribution in [2.24, 2.45) is 0 Å². The second kappa shape index (κ2) is 6.40. The second-order valence-electron chi connectivity index (χ2n) is 4.86. The molecule has 4 nitrogen and oxygen atoms in total. The topological polar surface area (TPSA) is 52.6 Å². The third-order valence-corrected chi connectivity index (χ3v) is 3.07. The van der Waals surface area contributed by atoms with E-state index >= 15 is 0 Å². The molecular formula is C14H22N2O2. The van der Waals surface area contributed by atoms with Gasteiger partial charge in [-0.3, -0.25) is 0 Å². The van der Waals surface area contributed by atoms with E-state index in [9.17, 15) is 4.79 Å². The Morgan fingerprint density at radius 2 is 2.11 bits per heavy atom. The minimum Gasteiger partial charge on any atom is -0.478 e. The fourth-order valence-electron chi connectivity index (χ4n) is 1.61. The highest BCUT2D eigenvalue weighted by Crippen LogP contribution is 2.17. The maximum absolute atomic E-state index is 11.1. The Bertz CT molecular complexity index is 416. The van der Waals surface area contributed by atoms with Gasteiger partial charge in [-0.05, 0) is 40.0 Å². The number of carboxylic acids is 1. The number of aryl methyl sites for hydroxylation is 1. The van der Waals surface area contributed by atoms with E-state index in [0.717, 1.165) is 18.7 Å². The number of carboxylic acid groups (broad SMARTS) is 1. The first-order chi connectivity index (χ1) is 8.41. The molecule has 0 bridgehead atoms. The van der Waals surface area contributed by atoms with Gasteiger partial charge in [-0.15, -0.1) is 0 Å². The molecule has 0 aromatic heterocycles. The van der Waals surface area contributed by atoms with Crippen molar-refractivity contribution >= 4 is 11.7 Å². The van der Waals surface area contributed by atoms with Crippen molar-refractivity contribution < 1.29 is 9.90 Å². The Hall–Kier alpha value is -1.55. The quantitative estimate of drug-likeness (QED) is 0.814. The van der Waals surface area contributed by atoms with Crippen LogP contribution in [0.3, 0.4) is 0 Å². The van der Waals surface area contributed by atoms with Gasteiger partial charge in [-0.2, -0.15) is 0 Å². The van der Waals surface area contributed by atoms with Crippen molar-refractivity contribution in [3.8, 4) is 0 Å². The molecule has 1 aromatic carbocycles. The Labute approximate surface area is 109 Å². The molecule has 1 aromatic rings. The normalized spacial score (nSPS) is 11.0. The molecular weight excluding hydrogens is 228 g/mol. The van der Waals surface area contributed by atoms with Crippen molar-refractivity contribution in [2.45, 2.75) is 26.8 Å². The Morgan fingerprint density at radius 3 is 2.67 bits per heavy atom. The van der Waals surface area contributed by atoms with Gasteiger partial charge in [0.05, 0.1) is 5.56 Å². The Kier molecular flexibility index (Phi) is 5.16. The molecule has 0 unspecified atom stereocenters. The summed E-state index contributed by atoms with van der Waals surface area (Å²) in [4.78, 5) is 13.3. The zero-order valence-electron chi connectivity index (χ0n) is 11.5. The summed E-state index contributed by atoms with van der Waals surface area (Å²) in [5, 5.41) is 12.3. The van der Waals surface area contributed by atoms with Gasteiger partial charge in [0.15, 0.2) is 0 Å². The smallest absolute Gasteiger partial charge is 0.337 e. The van der Waals surface area contributed by atoms with Gasteiger partial charge in [-0.25, -0.2) is 4.79 Å². The summed E-state index contributed by atoms with van der Waals surface area (Å²) in [6.45, 7) is 7.77. The van der Waals surface area contributed by atoms with Crippen molar-refractivity contribution in [2.75, 3.05) is 25.5 Å². The first-order valence-corrected chi connectivity index (χ1v) is 6.20. The zero-order chi connectivity index (χ0) is 13.7. The maximum atomic E-state index is 11.1. The van der Waals surface area contributed by atoms with Crippen molar-refractivity contribution in [1.82, 2.24) is 4.90 Å². The summed E-state index contributed by atoms with van der Waals surface area (Å²) >= 11 is 0. The molecule has 0 amide bonds. The van der Waals surface area contributed by atoms with Crippen LogP contribution in [0.2, 0.25) is 0 Å². The molecule has 0 aliphatic rings. The standard InChI is InChI=1S/C14H22N2O2/c1-10(2)16(4)8-7-15-13-6-5-11(3)9-12(13)14(17)18/h5-6,9-10,15H,7-8H2,1-4H3,(H,17,18). The number of rotatable bonds is 6. The van der Waals surface area contributed by atoms with Gasteiger partial charge in [0.1, 0.15) is 0 Å². The monoisotopic (exact) mass is 250 g/mol. The molecule has 4 heteroatoms.